The minimum Gasteiger partial charge on any atom is -0.494 e. The highest BCUT2D eigenvalue weighted by molar-refractivity contribution is 5.32. The summed E-state index contributed by atoms with van der Waals surface area (Å²) in [6, 6.07) is 8.93. The van der Waals surface area contributed by atoms with Crippen molar-refractivity contribution in [1.29, 1.82) is 0 Å². The summed E-state index contributed by atoms with van der Waals surface area (Å²) >= 11 is 0. The van der Waals surface area contributed by atoms with Crippen molar-refractivity contribution in [2.75, 3.05) is 6.61 Å². The van der Waals surface area contributed by atoms with Crippen LogP contribution in [0.3, 0.4) is 0 Å². The molecule has 0 aliphatic carbocycles. The van der Waals surface area contributed by atoms with E-state index < -0.39 is 5.60 Å². The van der Waals surface area contributed by atoms with E-state index >= 15 is 0 Å². The van der Waals surface area contributed by atoms with Gasteiger partial charge in [-0.2, -0.15) is 0 Å². The molecule has 2 fully saturated rings. The van der Waals surface area contributed by atoms with Crippen molar-refractivity contribution in [3.63, 3.8) is 0 Å². The van der Waals surface area contributed by atoms with Gasteiger partial charge < -0.3 is 15.2 Å². The highest BCUT2D eigenvalue weighted by atomic mass is 16.5. The first kappa shape index (κ1) is 12.9. The number of nitrogens with one attached hydrogen (secondary N) is 1. The molecule has 104 valence electrons. The van der Waals surface area contributed by atoms with Gasteiger partial charge in [0.25, 0.3) is 0 Å². The normalized spacial score (nSPS) is 34.0. The van der Waals surface area contributed by atoms with Gasteiger partial charge in [-0.25, -0.2) is 0 Å². The molecule has 0 radical (unpaired) electrons. The number of ether oxygens (including phenoxy) is 1. The van der Waals surface area contributed by atoms with Gasteiger partial charge in [0.1, 0.15) is 5.75 Å². The number of benzene rings is 1. The average molecular weight is 261 g/mol. The molecule has 0 amide bonds. The lowest BCUT2D eigenvalue weighted by Gasteiger charge is -2.45. The molecule has 2 atom stereocenters. The molecule has 1 aromatic rings. The zero-order chi connectivity index (χ0) is 13.3. The Balaban J connectivity index is 1.79. The predicted molar refractivity (Wildman–Crippen MR) is 75.3 cm³/mol. The summed E-state index contributed by atoms with van der Waals surface area (Å²) in [7, 11) is 0. The number of piperidine rings is 2. The van der Waals surface area contributed by atoms with E-state index in [-0.39, 0.29) is 0 Å². The van der Waals surface area contributed by atoms with Crippen molar-refractivity contribution in [2.45, 2.75) is 56.7 Å². The molecule has 3 heteroatoms. The summed E-state index contributed by atoms with van der Waals surface area (Å²) in [6.07, 6.45) is 5.34. The molecule has 2 heterocycles. The minimum atomic E-state index is -0.661. The predicted octanol–water partition coefficient (Wildman–Crippen LogP) is 2.58. The number of hydrogen-bond acceptors (Lipinski definition) is 3. The maximum absolute atomic E-state index is 11.0. The Morgan fingerprint density at radius 2 is 1.84 bits per heavy atom. The van der Waals surface area contributed by atoms with Crippen LogP contribution in [-0.4, -0.2) is 23.8 Å². The van der Waals surface area contributed by atoms with Crippen LogP contribution in [0.1, 0.15) is 44.6 Å². The van der Waals surface area contributed by atoms with Crippen molar-refractivity contribution < 1.29 is 9.84 Å². The maximum atomic E-state index is 11.0. The maximum Gasteiger partial charge on any atom is 0.119 e. The van der Waals surface area contributed by atoms with Gasteiger partial charge in [0, 0.05) is 12.1 Å². The van der Waals surface area contributed by atoms with E-state index in [1.165, 1.54) is 19.3 Å². The van der Waals surface area contributed by atoms with Gasteiger partial charge in [-0.1, -0.05) is 18.6 Å². The minimum absolute atomic E-state index is 0.476. The van der Waals surface area contributed by atoms with Gasteiger partial charge >= 0.3 is 0 Å². The summed E-state index contributed by atoms with van der Waals surface area (Å²) in [5.74, 6) is 0.879. The lowest BCUT2D eigenvalue weighted by atomic mass is 9.74. The first-order valence-corrected chi connectivity index (χ1v) is 7.41. The number of hydrogen-bond donors (Lipinski definition) is 2. The van der Waals surface area contributed by atoms with Crippen LogP contribution in [0.5, 0.6) is 5.75 Å². The van der Waals surface area contributed by atoms with E-state index in [9.17, 15) is 5.11 Å². The highest BCUT2D eigenvalue weighted by Gasteiger charge is 2.41. The van der Waals surface area contributed by atoms with E-state index in [0.717, 1.165) is 24.2 Å². The van der Waals surface area contributed by atoms with Crippen LogP contribution < -0.4 is 10.1 Å². The summed E-state index contributed by atoms with van der Waals surface area (Å²) < 4.78 is 5.46. The number of fused-ring (bicyclic) bond motifs is 2. The van der Waals surface area contributed by atoms with E-state index in [1.807, 2.05) is 31.2 Å². The molecular formula is C16H23NO2. The molecule has 0 spiro atoms. The molecule has 2 bridgehead atoms. The monoisotopic (exact) mass is 261 g/mol. The van der Waals surface area contributed by atoms with E-state index in [2.05, 4.69) is 5.32 Å². The smallest absolute Gasteiger partial charge is 0.119 e. The van der Waals surface area contributed by atoms with Crippen LogP contribution in [0.2, 0.25) is 0 Å². The second-order valence-corrected chi connectivity index (χ2v) is 5.89. The van der Waals surface area contributed by atoms with Crippen LogP contribution in [0.25, 0.3) is 0 Å². The molecule has 1 aromatic carbocycles. The SMILES string of the molecule is CCOc1ccc(C2(O)CC3CCCC(C2)N3)cc1. The second-order valence-electron chi connectivity index (χ2n) is 5.89. The third-order valence-corrected chi connectivity index (χ3v) is 4.45. The molecule has 0 aromatic heterocycles. The first-order valence-electron chi connectivity index (χ1n) is 7.41. The molecular weight excluding hydrogens is 238 g/mol. The molecule has 2 aliphatic heterocycles. The Hall–Kier alpha value is -1.06. The zero-order valence-electron chi connectivity index (χ0n) is 11.6. The summed E-state index contributed by atoms with van der Waals surface area (Å²) in [5, 5.41) is 14.6. The standard InChI is InChI=1S/C16H23NO2/c1-2-19-15-8-6-12(7-9-15)16(18)10-13-4-3-5-14(11-16)17-13/h6-9,13-14,17-18H,2-5,10-11H2,1H3. The number of rotatable bonds is 3. The molecule has 3 rings (SSSR count). The first-order chi connectivity index (χ1) is 9.19. The van der Waals surface area contributed by atoms with Crippen molar-refractivity contribution in [2.24, 2.45) is 0 Å². The van der Waals surface area contributed by atoms with Gasteiger partial charge in [0.05, 0.1) is 12.2 Å². The van der Waals surface area contributed by atoms with Crippen LogP contribution in [0.4, 0.5) is 0 Å². The lowest BCUT2D eigenvalue weighted by molar-refractivity contribution is -0.0359. The molecule has 19 heavy (non-hydrogen) atoms. The fourth-order valence-corrected chi connectivity index (χ4v) is 3.59. The lowest BCUT2D eigenvalue weighted by Crippen LogP contribution is -2.54. The third-order valence-electron chi connectivity index (χ3n) is 4.45. The van der Waals surface area contributed by atoms with Gasteiger partial charge in [-0.05, 0) is 50.3 Å². The molecule has 3 nitrogen and oxygen atoms in total. The van der Waals surface area contributed by atoms with E-state index in [1.54, 1.807) is 0 Å². The fraction of sp³-hybridized carbons (Fsp3) is 0.625. The van der Waals surface area contributed by atoms with Gasteiger partial charge in [0.15, 0.2) is 0 Å². The van der Waals surface area contributed by atoms with Crippen LogP contribution in [0.15, 0.2) is 24.3 Å². The van der Waals surface area contributed by atoms with E-state index in [4.69, 9.17) is 4.74 Å². The zero-order valence-corrected chi connectivity index (χ0v) is 11.6. The third kappa shape index (κ3) is 2.63. The van der Waals surface area contributed by atoms with E-state index in [0.29, 0.717) is 18.7 Å². The fourth-order valence-electron chi connectivity index (χ4n) is 3.59. The molecule has 2 saturated heterocycles. The Bertz CT molecular complexity index is 417. The van der Waals surface area contributed by atoms with Crippen molar-refractivity contribution in [3.8, 4) is 5.75 Å². The van der Waals surface area contributed by atoms with Crippen LogP contribution in [0, 0.1) is 0 Å². The topological polar surface area (TPSA) is 41.5 Å². The summed E-state index contributed by atoms with van der Waals surface area (Å²) in [4.78, 5) is 0. The summed E-state index contributed by atoms with van der Waals surface area (Å²) in [5.41, 5.74) is 0.375. The van der Waals surface area contributed by atoms with Gasteiger partial charge in [-0.3, -0.25) is 0 Å². The quantitative estimate of drug-likeness (QED) is 0.878. The largest absolute Gasteiger partial charge is 0.494 e. The Morgan fingerprint density at radius 3 is 2.42 bits per heavy atom. The Morgan fingerprint density at radius 1 is 1.21 bits per heavy atom. The van der Waals surface area contributed by atoms with Crippen molar-refractivity contribution in [1.82, 2.24) is 5.32 Å². The number of aliphatic hydroxyl groups is 1. The molecule has 2 aliphatic rings. The van der Waals surface area contributed by atoms with Crippen molar-refractivity contribution in [3.05, 3.63) is 29.8 Å². The second kappa shape index (κ2) is 5.14. The highest BCUT2D eigenvalue weighted by Crippen LogP contribution is 2.39. The molecule has 0 saturated carbocycles. The average Bonchev–Trinajstić information content (AvgIpc) is 2.39. The van der Waals surface area contributed by atoms with Gasteiger partial charge in [0.2, 0.25) is 0 Å². The van der Waals surface area contributed by atoms with Crippen molar-refractivity contribution >= 4 is 0 Å². The van der Waals surface area contributed by atoms with Gasteiger partial charge in [-0.15, -0.1) is 0 Å². The molecule has 2 N–H and O–H groups in total. The van der Waals surface area contributed by atoms with Crippen LogP contribution >= 0.6 is 0 Å². The summed E-state index contributed by atoms with van der Waals surface area (Å²) in [6.45, 7) is 2.66. The Labute approximate surface area is 115 Å². The van der Waals surface area contributed by atoms with Crippen LogP contribution in [-0.2, 0) is 5.60 Å². The molecule has 2 unspecified atom stereocenters. The Kier molecular flexibility index (Phi) is 3.50.